The van der Waals surface area contributed by atoms with E-state index in [4.69, 9.17) is 9.84 Å². The number of hydrogen-bond acceptors (Lipinski definition) is 6. The van der Waals surface area contributed by atoms with Crippen molar-refractivity contribution in [2.24, 2.45) is 0 Å². The lowest BCUT2D eigenvalue weighted by Crippen LogP contribution is -2.26. The Labute approximate surface area is 170 Å². The van der Waals surface area contributed by atoms with Crippen LogP contribution in [0.5, 0.6) is 5.75 Å². The predicted octanol–water partition coefficient (Wildman–Crippen LogP) is 2.47. The van der Waals surface area contributed by atoms with Crippen LogP contribution < -0.4 is 9.04 Å². The Kier molecular flexibility index (Phi) is 6.91. The van der Waals surface area contributed by atoms with Crippen molar-refractivity contribution in [1.82, 2.24) is 0 Å². The predicted molar refractivity (Wildman–Crippen MR) is 109 cm³/mol. The van der Waals surface area contributed by atoms with Gasteiger partial charge in [0.2, 0.25) is 0 Å². The summed E-state index contributed by atoms with van der Waals surface area (Å²) in [6, 6.07) is 10.00. The van der Waals surface area contributed by atoms with E-state index in [2.05, 4.69) is 0 Å². The fourth-order valence-electron chi connectivity index (χ4n) is 2.55. The van der Waals surface area contributed by atoms with Crippen molar-refractivity contribution in [3.63, 3.8) is 0 Å². The number of carbonyl (C=O) groups is 1. The van der Waals surface area contributed by atoms with Gasteiger partial charge < -0.3 is 9.84 Å². The molecular formula is C19H23NO7S2. The second-order valence-electron chi connectivity index (χ2n) is 6.51. The quantitative estimate of drug-likeness (QED) is 0.594. The third-order valence-corrected chi connectivity index (χ3v) is 7.14. The van der Waals surface area contributed by atoms with Gasteiger partial charge in [0, 0.05) is 19.7 Å². The van der Waals surface area contributed by atoms with Crippen molar-refractivity contribution in [3.05, 3.63) is 48.0 Å². The first kappa shape index (κ1) is 22.7. The molecule has 0 unspecified atom stereocenters. The highest BCUT2D eigenvalue weighted by Gasteiger charge is 2.22. The van der Waals surface area contributed by atoms with Gasteiger partial charge in [0.05, 0.1) is 22.1 Å². The Balaban J connectivity index is 2.19. The highest BCUT2D eigenvalue weighted by Crippen LogP contribution is 2.27. The first-order valence-electron chi connectivity index (χ1n) is 8.67. The number of ether oxygens (including phenoxy) is 1. The minimum atomic E-state index is -3.87. The van der Waals surface area contributed by atoms with Gasteiger partial charge in [-0.15, -0.1) is 0 Å². The van der Waals surface area contributed by atoms with Gasteiger partial charge in [-0.05, 0) is 61.4 Å². The lowest BCUT2D eigenvalue weighted by molar-refractivity contribution is -0.137. The van der Waals surface area contributed by atoms with E-state index >= 15 is 0 Å². The van der Waals surface area contributed by atoms with Gasteiger partial charge in [-0.1, -0.05) is 0 Å². The van der Waals surface area contributed by atoms with Crippen LogP contribution in [0.3, 0.4) is 0 Å². The number of hydrogen-bond donors (Lipinski definition) is 1. The van der Waals surface area contributed by atoms with Crippen LogP contribution >= 0.6 is 0 Å². The molecule has 0 aliphatic rings. The molecule has 0 saturated heterocycles. The molecule has 0 amide bonds. The van der Waals surface area contributed by atoms with Crippen molar-refractivity contribution in [1.29, 1.82) is 0 Å². The number of carboxylic acid groups (broad SMARTS) is 1. The monoisotopic (exact) mass is 441 g/mol. The summed E-state index contributed by atoms with van der Waals surface area (Å²) in [7, 11) is -5.85. The van der Waals surface area contributed by atoms with Gasteiger partial charge in [-0.25, -0.2) is 16.8 Å². The fraction of sp³-hybridized carbons (Fsp3) is 0.316. The molecule has 10 heteroatoms. The van der Waals surface area contributed by atoms with Crippen LogP contribution in [0.15, 0.2) is 52.3 Å². The number of aryl methyl sites for hydroxylation is 1. The lowest BCUT2D eigenvalue weighted by atomic mass is 10.2. The lowest BCUT2D eigenvalue weighted by Gasteiger charge is -2.20. The molecule has 0 saturated carbocycles. The number of aliphatic carboxylic acids is 1. The summed E-state index contributed by atoms with van der Waals surface area (Å²) in [5, 5.41) is 8.64. The SMILES string of the molecule is Cc1cc(S(=O)(=O)N(C)c2ccc(S(C)(=O)=O)cc2)ccc1OCCCC(=O)O. The average Bonchev–Trinajstić information content (AvgIpc) is 2.64. The zero-order valence-electron chi connectivity index (χ0n) is 16.3. The molecule has 29 heavy (non-hydrogen) atoms. The molecular weight excluding hydrogens is 418 g/mol. The largest absolute Gasteiger partial charge is 0.493 e. The van der Waals surface area contributed by atoms with E-state index in [0.717, 1.165) is 10.6 Å². The van der Waals surface area contributed by atoms with E-state index in [1.165, 1.54) is 49.5 Å². The molecule has 8 nitrogen and oxygen atoms in total. The van der Waals surface area contributed by atoms with E-state index in [-0.39, 0.29) is 22.8 Å². The molecule has 0 fully saturated rings. The molecule has 0 aliphatic carbocycles. The molecule has 1 N–H and O–H groups in total. The Bertz CT molecular complexity index is 1090. The Morgan fingerprint density at radius 3 is 2.14 bits per heavy atom. The van der Waals surface area contributed by atoms with Crippen LogP contribution in [0.25, 0.3) is 0 Å². The van der Waals surface area contributed by atoms with Crippen LogP contribution in [0.2, 0.25) is 0 Å². The number of benzene rings is 2. The standard InChI is InChI=1S/C19H23NO7S2/c1-14-13-17(10-11-18(14)27-12-4-5-19(21)22)29(25,26)20(2)15-6-8-16(9-7-15)28(3,23)24/h6-11,13H,4-5,12H2,1-3H3,(H,21,22). The second kappa shape index (κ2) is 8.83. The van der Waals surface area contributed by atoms with E-state index in [1.54, 1.807) is 6.92 Å². The maximum absolute atomic E-state index is 12.9. The number of sulfone groups is 1. The van der Waals surface area contributed by atoms with Crippen LogP contribution in [0, 0.1) is 6.92 Å². The molecule has 2 rings (SSSR count). The minimum Gasteiger partial charge on any atom is -0.493 e. The van der Waals surface area contributed by atoms with Crippen molar-refractivity contribution >= 4 is 31.5 Å². The fourth-order valence-corrected chi connectivity index (χ4v) is 4.46. The van der Waals surface area contributed by atoms with Gasteiger partial charge in [-0.3, -0.25) is 9.10 Å². The van der Waals surface area contributed by atoms with E-state index in [1.807, 2.05) is 0 Å². The van der Waals surface area contributed by atoms with Crippen molar-refractivity contribution in [2.45, 2.75) is 29.6 Å². The van der Waals surface area contributed by atoms with Crippen molar-refractivity contribution in [3.8, 4) is 5.75 Å². The normalized spacial score (nSPS) is 11.8. The number of rotatable bonds is 9. The molecule has 0 radical (unpaired) electrons. The number of nitrogens with zero attached hydrogens (tertiary/aromatic N) is 1. The average molecular weight is 442 g/mol. The molecule has 0 bridgehead atoms. The number of anilines is 1. The summed E-state index contributed by atoms with van der Waals surface area (Å²) in [6.07, 6.45) is 1.42. The minimum absolute atomic E-state index is 0.00553. The molecule has 0 aliphatic heterocycles. The van der Waals surface area contributed by atoms with Gasteiger partial charge in [0.15, 0.2) is 9.84 Å². The van der Waals surface area contributed by atoms with Gasteiger partial charge in [0.1, 0.15) is 5.75 Å². The highest BCUT2D eigenvalue weighted by atomic mass is 32.2. The zero-order chi connectivity index (χ0) is 21.8. The molecule has 2 aromatic rings. The second-order valence-corrected chi connectivity index (χ2v) is 10.5. The van der Waals surface area contributed by atoms with Crippen molar-refractivity contribution < 1.29 is 31.5 Å². The topological polar surface area (TPSA) is 118 Å². The number of carboxylic acids is 1. The molecule has 158 valence electrons. The number of sulfonamides is 1. The van der Waals surface area contributed by atoms with Gasteiger partial charge in [-0.2, -0.15) is 0 Å². The van der Waals surface area contributed by atoms with Crippen LogP contribution in [0.1, 0.15) is 18.4 Å². The highest BCUT2D eigenvalue weighted by molar-refractivity contribution is 7.92. The molecule has 0 heterocycles. The van der Waals surface area contributed by atoms with E-state index in [0.29, 0.717) is 23.4 Å². The smallest absolute Gasteiger partial charge is 0.303 e. The molecule has 0 atom stereocenters. The Morgan fingerprint density at radius 1 is 1.03 bits per heavy atom. The molecule has 2 aromatic carbocycles. The third-order valence-electron chi connectivity index (χ3n) is 4.23. The third kappa shape index (κ3) is 5.70. The summed E-state index contributed by atoms with van der Waals surface area (Å²) < 4.78 is 55.5. The van der Waals surface area contributed by atoms with Gasteiger partial charge in [0.25, 0.3) is 10.0 Å². The first-order chi connectivity index (χ1) is 13.4. The Morgan fingerprint density at radius 2 is 1.62 bits per heavy atom. The maximum Gasteiger partial charge on any atom is 0.303 e. The zero-order valence-corrected chi connectivity index (χ0v) is 18.0. The van der Waals surface area contributed by atoms with Crippen molar-refractivity contribution in [2.75, 3.05) is 24.2 Å². The van der Waals surface area contributed by atoms with E-state index < -0.39 is 25.8 Å². The summed E-state index contributed by atoms with van der Waals surface area (Å²) in [5.41, 5.74) is 0.922. The molecule has 0 spiro atoms. The summed E-state index contributed by atoms with van der Waals surface area (Å²) in [4.78, 5) is 10.7. The maximum atomic E-state index is 12.9. The van der Waals surface area contributed by atoms with E-state index in [9.17, 15) is 21.6 Å². The van der Waals surface area contributed by atoms with Crippen LogP contribution in [0.4, 0.5) is 5.69 Å². The van der Waals surface area contributed by atoms with Crippen LogP contribution in [-0.2, 0) is 24.7 Å². The summed E-state index contributed by atoms with van der Waals surface area (Å²) >= 11 is 0. The first-order valence-corrected chi connectivity index (χ1v) is 12.0. The molecule has 0 aromatic heterocycles. The van der Waals surface area contributed by atoms with Gasteiger partial charge >= 0.3 is 5.97 Å². The summed E-state index contributed by atoms with van der Waals surface area (Å²) in [5.74, 6) is -0.422. The van der Waals surface area contributed by atoms with Crippen LogP contribution in [-0.4, -0.2) is 47.8 Å². The summed E-state index contributed by atoms with van der Waals surface area (Å²) in [6.45, 7) is 1.91. The Hall–Kier alpha value is -2.59.